The number of methoxy groups -OCH3 is 1. The maximum absolute atomic E-state index is 12.7. The number of likely N-dealkylation sites (tertiary alicyclic amines) is 1. The summed E-state index contributed by atoms with van der Waals surface area (Å²) in [6.45, 7) is 5.00. The van der Waals surface area contributed by atoms with Gasteiger partial charge in [0.1, 0.15) is 0 Å². The molecule has 6 heteroatoms. The Hall–Kier alpha value is -1.56. The van der Waals surface area contributed by atoms with Crippen LogP contribution in [0.5, 0.6) is 5.88 Å². The van der Waals surface area contributed by atoms with E-state index < -0.39 is 0 Å². The molecule has 0 radical (unpaired) electrons. The van der Waals surface area contributed by atoms with E-state index in [9.17, 15) is 4.79 Å². The summed E-state index contributed by atoms with van der Waals surface area (Å²) in [6.07, 6.45) is 6.86. The summed E-state index contributed by atoms with van der Waals surface area (Å²) in [6, 6.07) is 0.455. The molecular weight excluding hydrogens is 304 g/mol. The van der Waals surface area contributed by atoms with Crippen LogP contribution >= 0.6 is 0 Å². The average molecular weight is 334 g/mol. The van der Waals surface area contributed by atoms with Crippen LogP contribution in [0.1, 0.15) is 62.7 Å². The first-order valence-electron chi connectivity index (χ1n) is 9.16. The highest BCUT2D eigenvalue weighted by Gasteiger charge is 2.37. The summed E-state index contributed by atoms with van der Waals surface area (Å²) in [5.41, 5.74) is 2.13. The third-order valence-corrected chi connectivity index (χ3v) is 5.61. The lowest BCUT2D eigenvalue weighted by Crippen LogP contribution is -2.47. The number of nitrogens with one attached hydrogen (secondary N) is 1. The zero-order chi connectivity index (χ0) is 17.3. The molecule has 1 saturated heterocycles. The van der Waals surface area contributed by atoms with Gasteiger partial charge in [-0.05, 0) is 46.1 Å². The molecule has 0 unspecified atom stereocenters. The van der Waals surface area contributed by atoms with Crippen LogP contribution in [0.2, 0.25) is 0 Å². The molecule has 3 rings (SSSR count). The van der Waals surface area contributed by atoms with Gasteiger partial charge in [-0.15, -0.1) is 0 Å². The molecule has 1 aromatic rings. The fourth-order valence-corrected chi connectivity index (χ4v) is 4.38. The Bertz CT molecular complexity index is 592. The van der Waals surface area contributed by atoms with Crippen molar-refractivity contribution in [3.63, 3.8) is 0 Å². The van der Waals surface area contributed by atoms with Crippen LogP contribution in [0.25, 0.3) is 0 Å². The summed E-state index contributed by atoms with van der Waals surface area (Å²) >= 11 is 0. The van der Waals surface area contributed by atoms with Gasteiger partial charge in [0.2, 0.25) is 11.8 Å². The van der Waals surface area contributed by atoms with E-state index in [0.29, 0.717) is 6.04 Å². The second kappa shape index (κ2) is 7.13. The molecule has 2 heterocycles. The number of nitrogens with zero attached hydrogens (tertiary/aromatic N) is 3. The van der Waals surface area contributed by atoms with E-state index in [-0.39, 0.29) is 18.0 Å². The van der Waals surface area contributed by atoms with Crippen LogP contribution in [0.4, 0.5) is 0 Å². The number of amides is 1. The van der Waals surface area contributed by atoms with Gasteiger partial charge in [-0.3, -0.25) is 9.69 Å². The van der Waals surface area contributed by atoms with Gasteiger partial charge in [0.25, 0.3) is 0 Å². The number of carbonyl (C=O) groups excluding carboxylic acids is 1. The Kier molecular flexibility index (Phi) is 5.13. The third-order valence-electron chi connectivity index (χ3n) is 5.61. The van der Waals surface area contributed by atoms with Gasteiger partial charge in [-0.2, -0.15) is 5.10 Å². The number of aromatic nitrogens is 2. The number of hydrogen-bond donors (Lipinski definition) is 1. The van der Waals surface area contributed by atoms with Gasteiger partial charge in [-0.25, -0.2) is 4.68 Å². The number of rotatable bonds is 5. The van der Waals surface area contributed by atoms with Gasteiger partial charge >= 0.3 is 0 Å². The van der Waals surface area contributed by atoms with Crippen LogP contribution in [0.15, 0.2) is 0 Å². The first-order chi connectivity index (χ1) is 11.5. The van der Waals surface area contributed by atoms with Crippen molar-refractivity contribution in [1.29, 1.82) is 0 Å². The van der Waals surface area contributed by atoms with Crippen LogP contribution < -0.4 is 10.1 Å². The minimum atomic E-state index is -0.123. The molecule has 1 aliphatic heterocycles. The molecule has 24 heavy (non-hydrogen) atoms. The molecule has 0 spiro atoms. The standard InChI is InChI=1S/C18H30N4O2/c1-12-16(18(24-4)21(3)20-12)15-10-7-11-22(15)13(2)17(23)19-14-8-5-6-9-14/h13-15H,5-11H2,1-4H3,(H,19,23)/t13-,15+/m0/s1. The zero-order valence-corrected chi connectivity index (χ0v) is 15.3. The van der Waals surface area contributed by atoms with E-state index in [1.807, 2.05) is 20.9 Å². The molecule has 1 amide bonds. The van der Waals surface area contributed by atoms with Crippen LogP contribution in [0, 0.1) is 6.92 Å². The smallest absolute Gasteiger partial charge is 0.237 e. The van der Waals surface area contributed by atoms with Gasteiger partial charge in [-0.1, -0.05) is 12.8 Å². The summed E-state index contributed by atoms with van der Waals surface area (Å²) in [5, 5.41) is 7.76. The normalized spacial score (nSPS) is 23.6. The molecule has 1 aromatic heterocycles. The van der Waals surface area contributed by atoms with Gasteiger partial charge in [0, 0.05) is 19.1 Å². The van der Waals surface area contributed by atoms with Crippen LogP contribution in [0.3, 0.4) is 0 Å². The monoisotopic (exact) mass is 334 g/mol. The SMILES string of the molecule is COc1c([C@H]2CCCN2[C@@H](C)C(=O)NC2CCCC2)c(C)nn1C. The maximum Gasteiger partial charge on any atom is 0.237 e. The first kappa shape index (κ1) is 17.3. The topological polar surface area (TPSA) is 59.4 Å². The van der Waals surface area contributed by atoms with E-state index >= 15 is 0 Å². The quantitative estimate of drug-likeness (QED) is 0.898. The van der Waals surface area contributed by atoms with Gasteiger partial charge in [0.15, 0.2) is 0 Å². The Balaban J connectivity index is 1.76. The largest absolute Gasteiger partial charge is 0.481 e. The van der Waals surface area contributed by atoms with Gasteiger partial charge < -0.3 is 10.1 Å². The van der Waals surface area contributed by atoms with E-state index in [0.717, 1.165) is 49.4 Å². The van der Waals surface area contributed by atoms with Crippen molar-refractivity contribution < 1.29 is 9.53 Å². The number of hydrogen-bond acceptors (Lipinski definition) is 4. The van der Waals surface area contributed by atoms with E-state index in [1.54, 1.807) is 11.8 Å². The molecule has 2 atom stereocenters. The van der Waals surface area contributed by atoms with Crippen molar-refractivity contribution in [2.24, 2.45) is 7.05 Å². The van der Waals surface area contributed by atoms with Crippen molar-refractivity contribution in [3.8, 4) is 5.88 Å². The fraction of sp³-hybridized carbons (Fsp3) is 0.778. The minimum Gasteiger partial charge on any atom is -0.481 e. The molecular formula is C18H30N4O2. The molecule has 2 aliphatic rings. The Morgan fingerprint density at radius 2 is 2.00 bits per heavy atom. The Morgan fingerprint density at radius 3 is 2.67 bits per heavy atom. The lowest BCUT2D eigenvalue weighted by Gasteiger charge is -2.31. The lowest BCUT2D eigenvalue weighted by molar-refractivity contribution is -0.127. The average Bonchev–Trinajstić information content (AvgIpc) is 3.26. The molecule has 6 nitrogen and oxygen atoms in total. The molecule has 0 bridgehead atoms. The molecule has 1 N–H and O–H groups in total. The predicted octanol–water partition coefficient (Wildman–Crippen LogP) is 2.32. The number of carbonyl (C=O) groups is 1. The van der Waals surface area contributed by atoms with Crippen molar-refractivity contribution in [3.05, 3.63) is 11.3 Å². The van der Waals surface area contributed by atoms with E-state index in [2.05, 4.69) is 15.3 Å². The Morgan fingerprint density at radius 1 is 1.29 bits per heavy atom. The van der Waals surface area contributed by atoms with Crippen LogP contribution in [-0.4, -0.2) is 46.3 Å². The third kappa shape index (κ3) is 3.16. The summed E-state index contributed by atoms with van der Waals surface area (Å²) in [7, 11) is 3.60. The number of ether oxygens (including phenoxy) is 1. The highest BCUT2D eigenvalue weighted by atomic mass is 16.5. The van der Waals surface area contributed by atoms with E-state index in [4.69, 9.17) is 4.74 Å². The van der Waals surface area contributed by atoms with Crippen molar-refractivity contribution in [2.75, 3.05) is 13.7 Å². The molecule has 1 saturated carbocycles. The molecule has 1 aliphatic carbocycles. The van der Waals surface area contributed by atoms with Gasteiger partial charge in [0.05, 0.1) is 24.4 Å². The second-order valence-corrected chi connectivity index (χ2v) is 7.19. The van der Waals surface area contributed by atoms with Crippen LogP contribution in [-0.2, 0) is 11.8 Å². The minimum absolute atomic E-state index is 0.123. The predicted molar refractivity (Wildman–Crippen MR) is 93.0 cm³/mol. The van der Waals surface area contributed by atoms with E-state index in [1.165, 1.54) is 12.8 Å². The molecule has 2 fully saturated rings. The Labute approximate surface area is 144 Å². The molecule has 134 valence electrons. The van der Waals surface area contributed by atoms with Crippen molar-refractivity contribution in [1.82, 2.24) is 20.0 Å². The summed E-state index contributed by atoms with van der Waals surface area (Å²) in [4.78, 5) is 15.0. The maximum atomic E-state index is 12.7. The summed E-state index contributed by atoms with van der Waals surface area (Å²) < 4.78 is 7.37. The first-order valence-corrected chi connectivity index (χ1v) is 9.16. The fourth-order valence-electron chi connectivity index (χ4n) is 4.38. The summed E-state index contributed by atoms with van der Waals surface area (Å²) in [5.74, 6) is 0.974. The highest BCUT2D eigenvalue weighted by molar-refractivity contribution is 5.81. The van der Waals surface area contributed by atoms with Crippen molar-refractivity contribution >= 4 is 5.91 Å². The number of aryl methyl sites for hydroxylation is 2. The molecule has 0 aromatic carbocycles. The zero-order valence-electron chi connectivity index (χ0n) is 15.3. The second-order valence-electron chi connectivity index (χ2n) is 7.19. The lowest BCUT2D eigenvalue weighted by atomic mass is 10.0. The highest BCUT2D eigenvalue weighted by Crippen LogP contribution is 2.39. The van der Waals surface area contributed by atoms with Crippen molar-refractivity contribution in [2.45, 2.75) is 70.5 Å².